The Morgan fingerprint density at radius 1 is 1.32 bits per heavy atom. The van der Waals surface area contributed by atoms with E-state index in [1.165, 1.54) is 5.56 Å². The number of likely N-dealkylation sites (tertiary alicyclic amines) is 1. The number of hydrogen-bond donors (Lipinski definition) is 1. The third-order valence-electron chi connectivity index (χ3n) is 4.32. The fourth-order valence-electron chi connectivity index (χ4n) is 3.15. The zero-order chi connectivity index (χ0) is 16.4. The SMILES string of the molecule is CC1(C)CN(C(=O)CCCS(N)(=O)=O)CC1c1ccccc1. The molecule has 6 heteroatoms. The van der Waals surface area contributed by atoms with Gasteiger partial charge in [-0.1, -0.05) is 44.2 Å². The molecule has 1 aromatic carbocycles. The molecule has 1 aliphatic rings. The van der Waals surface area contributed by atoms with Gasteiger partial charge < -0.3 is 4.90 Å². The Bertz CT molecular complexity index is 626. The summed E-state index contributed by atoms with van der Waals surface area (Å²) in [6, 6.07) is 10.2. The highest BCUT2D eigenvalue weighted by atomic mass is 32.2. The lowest BCUT2D eigenvalue weighted by Crippen LogP contribution is -2.30. The highest BCUT2D eigenvalue weighted by molar-refractivity contribution is 7.89. The van der Waals surface area contributed by atoms with Crippen molar-refractivity contribution >= 4 is 15.9 Å². The Hall–Kier alpha value is -1.40. The molecule has 1 heterocycles. The van der Waals surface area contributed by atoms with Gasteiger partial charge in [0, 0.05) is 25.4 Å². The molecule has 1 aliphatic heterocycles. The second kappa shape index (κ2) is 6.38. The van der Waals surface area contributed by atoms with Gasteiger partial charge in [0.2, 0.25) is 15.9 Å². The van der Waals surface area contributed by atoms with E-state index >= 15 is 0 Å². The first-order valence-electron chi connectivity index (χ1n) is 7.52. The normalized spacial score (nSPS) is 21.0. The maximum absolute atomic E-state index is 12.3. The molecular formula is C16H24N2O3S. The number of primary sulfonamides is 1. The molecule has 1 unspecified atom stereocenters. The second-order valence-corrected chi connectivity index (χ2v) is 8.43. The first-order valence-corrected chi connectivity index (χ1v) is 9.24. The minimum Gasteiger partial charge on any atom is -0.342 e. The summed E-state index contributed by atoms with van der Waals surface area (Å²) in [6.07, 6.45) is 0.513. The average molecular weight is 324 g/mol. The van der Waals surface area contributed by atoms with Gasteiger partial charge in [-0.15, -0.1) is 0 Å². The van der Waals surface area contributed by atoms with Crippen LogP contribution in [0.5, 0.6) is 0 Å². The van der Waals surface area contributed by atoms with Crippen LogP contribution in [0.3, 0.4) is 0 Å². The number of sulfonamides is 1. The van der Waals surface area contributed by atoms with Crippen molar-refractivity contribution in [2.75, 3.05) is 18.8 Å². The molecule has 22 heavy (non-hydrogen) atoms. The second-order valence-electron chi connectivity index (χ2n) is 6.70. The first kappa shape index (κ1) is 17.0. The number of amides is 1. The molecule has 0 radical (unpaired) electrons. The zero-order valence-corrected chi connectivity index (χ0v) is 14.0. The van der Waals surface area contributed by atoms with Gasteiger partial charge in [0.05, 0.1) is 5.75 Å². The van der Waals surface area contributed by atoms with Crippen molar-refractivity contribution < 1.29 is 13.2 Å². The van der Waals surface area contributed by atoms with E-state index < -0.39 is 10.0 Å². The molecule has 5 nitrogen and oxygen atoms in total. The monoisotopic (exact) mass is 324 g/mol. The largest absolute Gasteiger partial charge is 0.342 e. The molecule has 0 spiro atoms. The van der Waals surface area contributed by atoms with Gasteiger partial charge in [-0.25, -0.2) is 13.6 Å². The fourth-order valence-corrected chi connectivity index (χ4v) is 3.70. The Morgan fingerprint density at radius 2 is 1.95 bits per heavy atom. The summed E-state index contributed by atoms with van der Waals surface area (Å²) >= 11 is 0. The number of carbonyl (C=O) groups is 1. The summed E-state index contributed by atoms with van der Waals surface area (Å²) in [5.74, 6) is 0.170. The maximum Gasteiger partial charge on any atom is 0.222 e. The highest BCUT2D eigenvalue weighted by Gasteiger charge is 2.41. The van der Waals surface area contributed by atoms with Crippen molar-refractivity contribution in [3.8, 4) is 0 Å². The van der Waals surface area contributed by atoms with Crippen molar-refractivity contribution in [3.63, 3.8) is 0 Å². The van der Waals surface area contributed by atoms with Gasteiger partial charge in [-0.3, -0.25) is 4.79 Å². The van der Waals surface area contributed by atoms with Gasteiger partial charge in [0.1, 0.15) is 0 Å². The average Bonchev–Trinajstić information content (AvgIpc) is 2.74. The molecule has 2 N–H and O–H groups in total. The third kappa shape index (κ3) is 4.30. The van der Waals surface area contributed by atoms with Crippen LogP contribution in [0.25, 0.3) is 0 Å². The van der Waals surface area contributed by atoms with E-state index in [1.807, 2.05) is 23.1 Å². The van der Waals surface area contributed by atoms with Crippen LogP contribution in [-0.4, -0.2) is 38.1 Å². The van der Waals surface area contributed by atoms with Gasteiger partial charge in [-0.05, 0) is 17.4 Å². The Morgan fingerprint density at radius 3 is 2.55 bits per heavy atom. The molecule has 1 atom stereocenters. The van der Waals surface area contributed by atoms with Gasteiger partial charge >= 0.3 is 0 Å². The zero-order valence-electron chi connectivity index (χ0n) is 13.2. The lowest BCUT2D eigenvalue weighted by Gasteiger charge is -2.25. The van der Waals surface area contributed by atoms with E-state index in [1.54, 1.807) is 0 Å². The molecule has 122 valence electrons. The molecule has 2 rings (SSSR count). The number of carbonyl (C=O) groups excluding carboxylic acids is 1. The molecule has 0 aromatic heterocycles. The van der Waals surface area contributed by atoms with E-state index in [-0.39, 0.29) is 29.9 Å². The number of nitrogens with zero attached hydrogens (tertiary/aromatic N) is 1. The Kier molecular flexibility index (Phi) is 4.92. The molecule has 0 aliphatic carbocycles. The van der Waals surface area contributed by atoms with Crippen LogP contribution in [0, 0.1) is 5.41 Å². The lowest BCUT2D eigenvalue weighted by molar-refractivity contribution is -0.130. The number of benzene rings is 1. The summed E-state index contributed by atoms with van der Waals surface area (Å²) in [5.41, 5.74) is 1.25. The molecule has 1 saturated heterocycles. The van der Waals surface area contributed by atoms with Gasteiger partial charge in [0.25, 0.3) is 0 Å². The van der Waals surface area contributed by atoms with E-state index in [4.69, 9.17) is 5.14 Å². The van der Waals surface area contributed by atoms with E-state index in [0.717, 1.165) is 0 Å². The van der Waals surface area contributed by atoms with E-state index in [2.05, 4.69) is 26.0 Å². The number of nitrogens with two attached hydrogens (primary N) is 1. The van der Waals surface area contributed by atoms with E-state index in [0.29, 0.717) is 19.0 Å². The lowest BCUT2D eigenvalue weighted by atomic mass is 9.78. The quantitative estimate of drug-likeness (QED) is 0.895. The Balaban J connectivity index is 1.99. The van der Waals surface area contributed by atoms with Crippen LogP contribution in [0.4, 0.5) is 0 Å². The summed E-state index contributed by atoms with van der Waals surface area (Å²) in [5, 5.41) is 4.96. The highest BCUT2D eigenvalue weighted by Crippen LogP contribution is 2.42. The minimum absolute atomic E-state index is 0.00940. The summed E-state index contributed by atoms with van der Waals surface area (Å²) in [6.45, 7) is 5.72. The molecule has 1 fully saturated rings. The first-order chi connectivity index (χ1) is 10.2. The third-order valence-corrected chi connectivity index (χ3v) is 5.18. The predicted molar refractivity (Wildman–Crippen MR) is 86.8 cm³/mol. The minimum atomic E-state index is -3.49. The molecule has 0 saturated carbocycles. The van der Waals surface area contributed by atoms with Crippen molar-refractivity contribution in [1.29, 1.82) is 0 Å². The summed E-state index contributed by atoms with van der Waals surface area (Å²) < 4.78 is 21.9. The van der Waals surface area contributed by atoms with Crippen LogP contribution in [-0.2, 0) is 14.8 Å². The topological polar surface area (TPSA) is 80.5 Å². The van der Waals surface area contributed by atoms with Crippen LogP contribution in [0.1, 0.15) is 38.2 Å². The Labute approximate surface area is 132 Å². The van der Waals surface area contributed by atoms with Crippen molar-refractivity contribution in [2.24, 2.45) is 10.6 Å². The number of rotatable bonds is 5. The van der Waals surface area contributed by atoms with Gasteiger partial charge in [-0.2, -0.15) is 0 Å². The molecule has 0 bridgehead atoms. The number of hydrogen-bond acceptors (Lipinski definition) is 3. The van der Waals surface area contributed by atoms with Crippen molar-refractivity contribution in [3.05, 3.63) is 35.9 Å². The molecule has 1 aromatic rings. The smallest absolute Gasteiger partial charge is 0.222 e. The van der Waals surface area contributed by atoms with Crippen molar-refractivity contribution in [2.45, 2.75) is 32.6 Å². The van der Waals surface area contributed by atoms with Crippen LogP contribution in [0.2, 0.25) is 0 Å². The summed E-state index contributed by atoms with van der Waals surface area (Å²) in [7, 11) is -3.49. The molecule has 1 amide bonds. The predicted octanol–water partition coefficient (Wildman–Crippen LogP) is 1.71. The maximum atomic E-state index is 12.3. The van der Waals surface area contributed by atoms with E-state index in [9.17, 15) is 13.2 Å². The summed E-state index contributed by atoms with van der Waals surface area (Å²) in [4.78, 5) is 14.1. The van der Waals surface area contributed by atoms with Crippen molar-refractivity contribution in [1.82, 2.24) is 4.90 Å². The van der Waals surface area contributed by atoms with Crippen LogP contribution in [0.15, 0.2) is 30.3 Å². The van der Waals surface area contributed by atoms with Crippen LogP contribution >= 0.6 is 0 Å². The van der Waals surface area contributed by atoms with Crippen LogP contribution < -0.4 is 5.14 Å². The van der Waals surface area contributed by atoms with Gasteiger partial charge in [0.15, 0.2) is 0 Å². The molecular weight excluding hydrogens is 300 g/mol. The fraction of sp³-hybridized carbons (Fsp3) is 0.562. The standard InChI is InChI=1S/C16H24N2O3S/c1-16(2)12-18(15(19)9-6-10-22(17,20)21)11-14(16)13-7-4-3-5-8-13/h3-5,7-8,14H,6,9-12H2,1-2H3,(H2,17,20,21).